The van der Waals surface area contributed by atoms with Crippen molar-refractivity contribution in [2.24, 2.45) is 0 Å². The standard InChI is InChI=1S/C10H15NO.C2H6/c1-9-3-5-10(6-4-9)11-7-8-12-2;1-2/h3-6,11H,7-8H2,1-2H3;1-2H3. The second-order valence-electron chi connectivity index (χ2n) is 2.79. The number of anilines is 1. The van der Waals surface area contributed by atoms with Crippen molar-refractivity contribution in [1.29, 1.82) is 0 Å². The monoisotopic (exact) mass is 195 g/mol. The van der Waals surface area contributed by atoms with Gasteiger partial charge in [0.2, 0.25) is 0 Å². The van der Waals surface area contributed by atoms with Gasteiger partial charge < -0.3 is 10.1 Å². The molecule has 14 heavy (non-hydrogen) atoms. The van der Waals surface area contributed by atoms with Gasteiger partial charge in [0.15, 0.2) is 0 Å². The quantitative estimate of drug-likeness (QED) is 0.745. The highest BCUT2D eigenvalue weighted by atomic mass is 16.5. The zero-order valence-corrected chi connectivity index (χ0v) is 9.63. The first kappa shape index (κ1) is 13.0. The fraction of sp³-hybridized carbons (Fsp3) is 0.500. The summed E-state index contributed by atoms with van der Waals surface area (Å²) < 4.78 is 4.92. The third kappa shape index (κ3) is 5.60. The van der Waals surface area contributed by atoms with Crippen LogP contribution in [0.4, 0.5) is 5.69 Å². The van der Waals surface area contributed by atoms with E-state index in [1.807, 2.05) is 13.8 Å². The highest BCUT2D eigenvalue weighted by Crippen LogP contribution is 2.07. The summed E-state index contributed by atoms with van der Waals surface area (Å²) in [7, 11) is 1.71. The summed E-state index contributed by atoms with van der Waals surface area (Å²) in [4.78, 5) is 0. The zero-order valence-electron chi connectivity index (χ0n) is 9.63. The summed E-state index contributed by atoms with van der Waals surface area (Å²) in [6.07, 6.45) is 0. The first-order chi connectivity index (χ1) is 6.83. The minimum Gasteiger partial charge on any atom is -0.383 e. The minimum atomic E-state index is 0.744. The number of hydrogen-bond acceptors (Lipinski definition) is 2. The Bertz CT molecular complexity index is 218. The molecule has 1 aromatic rings. The van der Waals surface area contributed by atoms with E-state index >= 15 is 0 Å². The predicted molar refractivity (Wildman–Crippen MR) is 62.9 cm³/mol. The summed E-state index contributed by atoms with van der Waals surface area (Å²) in [6.45, 7) is 7.69. The van der Waals surface area contributed by atoms with Crippen LogP contribution in [0.25, 0.3) is 0 Å². The molecule has 0 fully saturated rings. The Hall–Kier alpha value is -1.02. The average molecular weight is 195 g/mol. The average Bonchev–Trinajstić information content (AvgIpc) is 2.24. The van der Waals surface area contributed by atoms with E-state index in [4.69, 9.17) is 4.74 Å². The molecule has 1 aromatic carbocycles. The Morgan fingerprint density at radius 3 is 2.21 bits per heavy atom. The van der Waals surface area contributed by atoms with Crippen molar-refractivity contribution in [1.82, 2.24) is 0 Å². The maximum Gasteiger partial charge on any atom is 0.0635 e. The molecule has 1 N–H and O–H groups in total. The van der Waals surface area contributed by atoms with Crippen LogP contribution in [0, 0.1) is 6.92 Å². The van der Waals surface area contributed by atoms with E-state index in [1.165, 1.54) is 5.56 Å². The van der Waals surface area contributed by atoms with Crippen molar-refractivity contribution in [2.45, 2.75) is 20.8 Å². The Morgan fingerprint density at radius 2 is 1.71 bits per heavy atom. The second-order valence-corrected chi connectivity index (χ2v) is 2.79. The van der Waals surface area contributed by atoms with Gasteiger partial charge in [0.05, 0.1) is 6.61 Å². The largest absolute Gasteiger partial charge is 0.383 e. The van der Waals surface area contributed by atoms with Crippen LogP contribution in [-0.4, -0.2) is 20.3 Å². The van der Waals surface area contributed by atoms with Gasteiger partial charge >= 0.3 is 0 Å². The van der Waals surface area contributed by atoms with E-state index in [-0.39, 0.29) is 0 Å². The summed E-state index contributed by atoms with van der Waals surface area (Å²) in [5, 5.41) is 3.25. The van der Waals surface area contributed by atoms with E-state index in [1.54, 1.807) is 7.11 Å². The van der Waals surface area contributed by atoms with Crippen molar-refractivity contribution in [2.75, 3.05) is 25.6 Å². The van der Waals surface area contributed by atoms with Crippen LogP contribution in [0.1, 0.15) is 19.4 Å². The molecular formula is C12H21NO. The normalized spacial score (nSPS) is 8.86. The van der Waals surface area contributed by atoms with E-state index in [9.17, 15) is 0 Å². The molecule has 0 aromatic heterocycles. The minimum absolute atomic E-state index is 0.744. The molecule has 0 aliphatic heterocycles. The van der Waals surface area contributed by atoms with Crippen molar-refractivity contribution in [3.05, 3.63) is 29.8 Å². The van der Waals surface area contributed by atoms with Gasteiger partial charge in [-0.2, -0.15) is 0 Å². The van der Waals surface area contributed by atoms with Gasteiger partial charge in [-0.05, 0) is 19.1 Å². The van der Waals surface area contributed by atoms with Crippen LogP contribution in [0.5, 0.6) is 0 Å². The molecular weight excluding hydrogens is 174 g/mol. The molecule has 0 unspecified atom stereocenters. The molecule has 0 spiro atoms. The first-order valence-electron chi connectivity index (χ1n) is 5.12. The second kappa shape index (κ2) is 8.57. The van der Waals surface area contributed by atoms with E-state index in [0.29, 0.717) is 0 Å². The highest BCUT2D eigenvalue weighted by molar-refractivity contribution is 5.44. The van der Waals surface area contributed by atoms with Crippen LogP contribution in [0.2, 0.25) is 0 Å². The van der Waals surface area contributed by atoms with Gasteiger partial charge in [-0.15, -0.1) is 0 Å². The van der Waals surface area contributed by atoms with Gasteiger partial charge in [0.25, 0.3) is 0 Å². The Morgan fingerprint density at radius 1 is 1.14 bits per heavy atom. The third-order valence-corrected chi connectivity index (χ3v) is 1.69. The highest BCUT2D eigenvalue weighted by Gasteiger charge is 1.89. The maximum atomic E-state index is 4.92. The predicted octanol–water partition coefficient (Wildman–Crippen LogP) is 3.08. The van der Waals surface area contributed by atoms with Gasteiger partial charge in [0.1, 0.15) is 0 Å². The molecule has 0 saturated carbocycles. The van der Waals surface area contributed by atoms with Crippen molar-refractivity contribution in [3.63, 3.8) is 0 Å². The van der Waals surface area contributed by atoms with E-state index in [0.717, 1.165) is 18.8 Å². The van der Waals surface area contributed by atoms with Gasteiger partial charge in [-0.25, -0.2) is 0 Å². The Labute approximate surface area is 87.3 Å². The van der Waals surface area contributed by atoms with Gasteiger partial charge in [-0.1, -0.05) is 31.5 Å². The molecule has 0 heterocycles. The molecule has 80 valence electrons. The topological polar surface area (TPSA) is 21.3 Å². The molecule has 0 atom stereocenters. The van der Waals surface area contributed by atoms with Gasteiger partial charge in [-0.3, -0.25) is 0 Å². The fourth-order valence-electron chi connectivity index (χ4n) is 0.969. The molecule has 0 amide bonds. The van der Waals surface area contributed by atoms with Crippen LogP contribution >= 0.6 is 0 Å². The number of ether oxygens (including phenoxy) is 1. The van der Waals surface area contributed by atoms with Crippen LogP contribution in [0.3, 0.4) is 0 Å². The van der Waals surface area contributed by atoms with Crippen LogP contribution in [-0.2, 0) is 4.74 Å². The summed E-state index contributed by atoms with van der Waals surface area (Å²) in [6, 6.07) is 8.33. The molecule has 0 aliphatic rings. The van der Waals surface area contributed by atoms with E-state index in [2.05, 4.69) is 36.5 Å². The van der Waals surface area contributed by atoms with Crippen molar-refractivity contribution >= 4 is 5.69 Å². The molecule has 1 rings (SSSR count). The molecule has 0 radical (unpaired) electrons. The summed E-state index contributed by atoms with van der Waals surface area (Å²) in [5.74, 6) is 0. The Kier molecular flexibility index (Phi) is 7.95. The number of methoxy groups -OCH3 is 1. The lowest BCUT2D eigenvalue weighted by Crippen LogP contribution is -2.07. The number of benzene rings is 1. The first-order valence-corrected chi connectivity index (χ1v) is 5.12. The van der Waals surface area contributed by atoms with E-state index < -0.39 is 0 Å². The lowest BCUT2D eigenvalue weighted by Gasteiger charge is -2.04. The van der Waals surface area contributed by atoms with Gasteiger partial charge in [0, 0.05) is 19.3 Å². The smallest absolute Gasteiger partial charge is 0.0635 e. The molecule has 2 nitrogen and oxygen atoms in total. The summed E-state index contributed by atoms with van der Waals surface area (Å²) >= 11 is 0. The number of rotatable bonds is 4. The lowest BCUT2D eigenvalue weighted by molar-refractivity contribution is 0.211. The number of hydrogen-bond donors (Lipinski definition) is 1. The third-order valence-electron chi connectivity index (χ3n) is 1.69. The Balaban J connectivity index is 0.000000791. The van der Waals surface area contributed by atoms with Crippen molar-refractivity contribution < 1.29 is 4.74 Å². The number of aryl methyl sites for hydroxylation is 1. The molecule has 0 bridgehead atoms. The van der Waals surface area contributed by atoms with Crippen LogP contribution < -0.4 is 5.32 Å². The zero-order chi connectivity index (χ0) is 10.8. The van der Waals surface area contributed by atoms with Crippen LogP contribution in [0.15, 0.2) is 24.3 Å². The fourth-order valence-corrected chi connectivity index (χ4v) is 0.969. The SMILES string of the molecule is CC.COCCNc1ccc(C)cc1. The van der Waals surface area contributed by atoms with Crippen molar-refractivity contribution in [3.8, 4) is 0 Å². The summed E-state index contributed by atoms with van der Waals surface area (Å²) in [5.41, 5.74) is 2.44. The lowest BCUT2D eigenvalue weighted by atomic mass is 10.2. The molecule has 2 heteroatoms. The molecule has 0 saturated heterocycles. The maximum absolute atomic E-state index is 4.92. The number of nitrogens with one attached hydrogen (secondary N) is 1. The molecule has 0 aliphatic carbocycles.